The van der Waals surface area contributed by atoms with Crippen LogP contribution in [-0.4, -0.2) is 24.6 Å². The van der Waals surface area contributed by atoms with Crippen molar-refractivity contribution in [1.29, 1.82) is 0 Å². The Balaban J connectivity index is 2.33. The molecule has 16 heavy (non-hydrogen) atoms. The number of esters is 1. The molecule has 1 unspecified atom stereocenters. The summed E-state index contributed by atoms with van der Waals surface area (Å²) in [7, 11) is 1.40. The van der Waals surface area contributed by atoms with Gasteiger partial charge in [-0.3, -0.25) is 9.78 Å². The first-order valence-corrected chi connectivity index (χ1v) is 5.34. The number of hydrogen-bond donors (Lipinski definition) is 1. The van der Waals surface area contributed by atoms with Crippen LogP contribution in [0.3, 0.4) is 0 Å². The van der Waals surface area contributed by atoms with Gasteiger partial charge in [0.2, 0.25) is 0 Å². The molecule has 4 nitrogen and oxygen atoms in total. The second-order valence-electron chi connectivity index (χ2n) is 3.83. The number of hydrogen-bond acceptors (Lipinski definition) is 4. The van der Waals surface area contributed by atoms with Crippen molar-refractivity contribution in [2.45, 2.75) is 20.4 Å². The molecule has 0 aromatic carbocycles. The minimum atomic E-state index is -0.190. The maximum atomic E-state index is 11.1. The monoisotopic (exact) mass is 222 g/mol. The van der Waals surface area contributed by atoms with Crippen molar-refractivity contribution in [3.05, 3.63) is 29.6 Å². The van der Waals surface area contributed by atoms with Gasteiger partial charge in [0.25, 0.3) is 0 Å². The molecule has 0 aliphatic heterocycles. The Morgan fingerprint density at radius 2 is 2.31 bits per heavy atom. The predicted octanol–water partition coefficient (Wildman–Crippen LogP) is 1.29. The van der Waals surface area contributed by atoms with E-state index in [4.69, 9.17) is 0 Å². The van der Waals surface area contributed by atoms with Gasteiger partial charge in [0.1, 0.15) is 0 Å². The molecule has 0 aliphatic carbocycles. The van der Waals surface area contributed by atoms with Crippen LogP contribution < -0.4 is 5.32 Å². The van der Waals surface area contributed by atoms with Gasteiger partial charge in [0.15, 0.2) is 0 Å². The summed E-state index contributed by atoms with van der Waals surface area (Å²) in [5.41, 5.74) is 1.98. The molecular formula is C12H18N2O2. The van der Waals surface area contributed by atoms with Crippen molar-refractivity contribution in [2.75, 3.05) is 13.7 Å². The van der Waals surface area contributed by atoms with E-state index < -0.39 is 0 Å². The highest BCUT2D eigenvalue weighted by Crippen LogP contribution is 1.99. The standard InChI is InChI=1S/C12H18N2O2/c1-9(12(15)16-3)7-13-8-11-6-4-5-10(2)14-11/h4-6,9,13H,7-8H2,1-3H3. The average molecular weight is 222 g/mol. The zero-order chi connectivity index (χ0) is 12.0. The van der Waals surface area contributed by atoms with Gasteiger partial charge in [-0.05, 0) is 19.1 Å². The van der Waals surface area contributed by atoms with Gasteiger partial charge in [-0.1, -0.05) is 13.0 Å². The number of methoxy groups -OCH3 is 1. The van der Waals surface area contributed by atoms with Crippen molar-refractivity contribution in [2.24, 2.45) is 5.92 Å². The largest absolute Gasteiger partial charge is 0.469 e. The summed E-state index contributed by atoms with van der Waals surface area (Å²) in [4.78, 5) is 15.5. The zero-order valence-corrected chi connectivity index (χ0v) is 9.99. The lowest BCUT2D eigenvalue weighted by atomic mass is 10.2. The minimum Gasteiger partial charge on any atom is -0.469 e. The fourth-order valence-corrected chi connectivity index (χ4v) is 1.40. The van der Waals surface area contributed by atoms with E-state index in [9.17, 15) is 4.79 Å². The Hall–Kier alpha value is -1.42. The first kappa shape index (κ1) is 12.6. The normalized spacial score (nSPS) is 12.2. The van der Waals surface area contributed by atoms with Gasteiger partial charge < -0.3 is 10.1 Å². The number of aromatic nitrogens is 1. The van der Waals surface area contributed by atoms with Crippen LogP contribution in [0.1, 0.15) is 18.3 Å². The number of ether oxygens (including phenoxy) is 1. The molecular weight excluding hydrogens is 204 g/mol. The highest BCUT2D eigenvalue weighted by Gasteiger charge is 2.11. The molecule has 0 radical (unpaired) electrons. The summed E-state index contributed by atoms with van der Waals surface area (Å²) in [5, 5.41) is 3.18. The van der Waals surface area contributed by atoms with Crippen molar-refractivity contribution in [1.82, 2.24) is 10.3 Å². The lowest BCUT2D eigenvalue weighted by Gasteiger charge is -2.10. The minimum absolute atomic E-state index is 0.130. The maximum Gasteiger partial charge on any atom is 0.309 e. The number of nitrogens with one attached hydrogen (secondary N) is 1. The summed E-state index contributed by atoms with van der Waals surface area (Å²) >= 11 is 0. The lowest BCUT2D eigenvalue weighted by Crippen LogP contribution is -2.27. The number of carbonyl (C=O) groups excluding carboxylic acids is 1. The second kappa shape index (κ2) is 6.23. The van der Waals surface area contributed by atoms with Gasteiger partial charge in [-0.2, -0.15) is 0 Å². The third-order valence-corrected chi connectivity index (χ3v) is 2.31. The molecule has 88 valence electrons. The summed E-state index contributed by atoms with van der Waals surface area (Å²) in [6.07, 6.45) is 0. The van der Waals surface area contributed by atoms with Crippen LogP contribution in [0.4, 0.5) is 0 Å². The molecule has 0 spiro atoms. The molecule has 0 amide bonds. The highest BCUT2D eigenvalue weighted by molar-refractivity contribution is 5.71. The van der Waals surface area contributed by atoms with E-state index in [1.165, 1.54) is 7.11 Å². The average Bonchev–Trinajstić information content (AvgIpc) is 2.28. The van der Waals surface area contributed by atoms with Crippen LogP contribution in [0.2, 0.25) is 0 Å². The lowest BCUT2D eigenvalue weighted by molar-refractivity contribution is -0.144. The van der Waals surface area contributed by atoms with Crippen molar-refractivity contribution >= 4 is 5.97 Å². The van der Waals surface area contributed by atoms with E-state index in [2.05, 4.69) is 15.0 Å². The van der Waals surface area contributed by atoms with E-state index in [-0.39, 0.29) is 11.9 Å². The smallest absolute Gasteiger partial charge is 0.309 e. The molecule has 1 atom stereocenters. The Kier molecular flexibility index (Phi) is 4.92. The van der Waals surface area contributed by atoms with E-state index >= 15 is 0 Å². The summed E-state index contributed by atoms with van der Waals surface area (Å²) in [6, 6.07) is 5.90. The predicted molar refractivity (Wildman–Crippen MR) is 61.9 cm³/mol. The van der Waals surface area contributed by atoms with Crippen LogP contribution in [0, 0.1) is 12.8 Å². The first-order valence-electron chi connectivity index (χ1n) is 5.34. The third kappa shape index (κ3) is 3.98. The molecule has 0 bridgehead atoms. The van der Waals surface area contributed by atoms with Gasteiger partial charge in [-0.15, -0.1) is 0 Å². The van der Waals surface area contributed by atoms with Crippen molar-refractivity contribution in [3.8, 4) is 0 Å². The van der Waals surface area contributed by atoms with Gasteiger partial charge in [0, 0.05) is 18.8 Å². The molecule has 1 heterocycles. The Labute approximate surface area is 96.0 Å². The number of rotatable bonds is 5. The molecule has 1 aromatic rings. The molecule has 1 N–H and O–H groups in total. The molecule has 1 rings (SSSR count). The molecule has 4 heteroatoms. The Morgan fingerprint density at radius 1 is 1.56 bits per heavy atom. The second-order valence-corrected chi connectivity index (χ2v) is 3.83. The topological polar surface area (TPSA) is 51.2 Å². The first-order chi connectivity index (χ1) is 7.63. The summed E-state index contributed by atoms with van der Waals surface area (Å²) in [5.74, 6) is -0.320. The number of nitrogens with zero attached hydrogens (tertiary/aromatic N) is 1. The quantitative estimate of drug-likeness (QED) is 0.763. The van der Waals surface area contributed by atoms with Crippen LogP contribution in [0.25, 0.3) is 0 Å². The van der Waals surface area contributed by atoms with Crippen LogP contribution >= 0.6 is 0 Å². The zero-order valence-electron chi connectivity index (χ0n) is 9.99. The van der Waals surface area contributed by atoms with Crippen LogP contribution in [0.15, 0.2) is 18.2 Å². The van der Waals surface area contributed by atoms with Crippen LogP contribution in [0.5, 0.6) is 0 Å². The summed E-state index contributed by atoms with van der Waals surface area (Å²) in [6.45, 7) is 5.06. The fourth-order valence-electron chi connectivity index (χ4n) is 1.40. The van der Waals surface area contributed by atoms with Gasteiger partial charge in [0.05, 0.1) is 18.7 Å². The molecule has 1 aromatic heterocycles. The highest BCUT2D eigenvalue weighted by atomic mass is 16.5. The third-order valence-electron chi connectivity index (χ3n) is 2.31. The van der Waals surface area contributed by atoms with Crippen molar-refractivity contribution in [3.63, 3.8) is 0 Å². The van der Waals surface area contributed by atoms with E-state index in [0.29, 0.717) is 13.1 Å². The SMILES string of the molecule is COC(=O)C(C)CNCc1cccc(C)n1. The molecule has 0 fully saturated rings. The van der Waals surface area contributed by atoms with E-state index in [0.717, 1.165) is 11.4 Å². The molecule has 0 saturated heterocycles. The van der Waals surface area contributed by atoms with E-state index in [1.54, 1.807) is 0 Å². The van der Waals surface area contributed by atoms with Crippen LogP contribution in [-0.2, 0) is 16.1 Å². The van der Waals surface area contributed by atoms with Gasteiger partial charge >= 0.3 is 5.97 Å². The number of pyridine rings is 1. The molecule has 0 aliphatic rings. The fraction of sp³-hybridized carbons (Fsp3) is 0.500. The van der Waals surface area contributed by atoms with Gasteiger partial charge in [-0.25, -0.2) is 0 Å². The number of aryl methyl sites for hydroxylation is 1. The van der Waals surface area contributed by atoms with Crippen molar-refractivity contribution < 1.29 is 9.53 Å². The Bertz CT molecular complexity index is 353. The Morgan fingerprint density at radius 3 is 2.94 bits per heavy atom. The maximum absolute atomic E-state index is 11.1. The number of carbonyl (C=O) groups is 1. The van der Waals surface area contributed by atoms with E-state index in [1.807, 2.05) is 32.0 Å². The molecule has 0 saturated carbocycles. The summed E-state index contributed by atoms with van der Waals surface area (Å²) < 4.78 is 4.64.